The Morgan fingerprint density at radius 2 is 2.07 bits per heavy atom. The highest BCUT2D eigenvalue weighted by atomic mass is 79.9. The molecule has 4 aromatic rings. The van der Waals surface area contributed by atoms with Crippen molar-refractivity contribution in [1.29, 1.82) is 0 Å². The predicted octanol–water partition coefficient (Wildman–Crippen LogP) is 2.65. The van der Waals surface area contributed by atoms with Gasteiger partial charge in [0.1, 0.15) is 0 Å². The number of hydrogen-bond acceptors (Lipinski definition) is 7. The number of anilines is 1. The van der Waals surface area contributed by atoms with Crippen LogP contribution in [0.15, 0.2) is 45.4 Å². The normalized spacial score (nSPS) is 10.9. The van der Waals surface area contributed by atoms with Crippen molar-refractivity contribution < 1.29 is 19.2 Å². The molecule has 2 aromatic heterocycles. The Balaban J connectivity index is 1.65. The van der Waals surface area contributed by atoms with E-state index in [4.69, 9.17) is 9.63 Å². The summed E-state index contributed by atoms with van der Waals surface area (Å²) in [7, 11) is 0. The van der Waals surface area contributed by atoms with Crippen LogP contribution in [0.25, 0.3) is 22.4 Å². The molecular weight excluding hydrogens is 432 g/mol. The van der Waals surface area contributed by atoms with Crippen molar-refractivity contribution in [2.24, 2.45) is 0 Å². The Hall–Kier alpha value is -3.60. The lowest BCUT2D eigenvalue weighted by molar-refractivity contribution is -0.136. The number of benzene rings is 2. The third-order valence-electron chi connectivity index (χ3n) is 3.92. The number of carbonyl (C=O) groups is 2. The van der Waals surface area contributed by atoms with Gasteiger partial charge in [-0.3, -0.25) is 9.59 Å². The molecule has 10 nitrogen and oxygen atoms in total. The Morgan fingerprint density at radius 3 is 2.82 bits per heavy atom. The number of H-pyrrole nitrogens is 1. The standard InChI is InChI=1S/C17H11BrN6O4/c18-9-2-4-12(11(7-9)16-20-23-24-21-16)19-17(27)15-10-3-1-8(6-14(25)26)5-13(10)28-22-15/h1-5,7H,6H2,(H,19,27)(H,25,26)(H,20,21,23,24). The minimum Gasteiger partial charge on any atom is -0.481 e. The number of fused-ring (bicyclic) bond motifs is 1. The molecule has 28 heavy (non-hydrogen) atoms. The number of carboxylic acids is 1. The van der Waals surface area contributed by atoms with Crippen molar-refractivity contribution in [2.75, 3.05) is 5.32 Å². The maximum Gasteiger partial charge on any atom is 0.307 e. The van der Waals surface area contributed by atoms with Crippen LogP contribution in [0.2, 0.25) is 0 Å². The number of carbonyl (C=O) groups excluding carboxylic acids is 1. The van der Waals surface area contributed by atoms with Gasteiger partial charge >= 0.3 is 5.97 Å². The average molecular weight is 443 g/mol. The first kappa shape index (κ1) is 17.8. The van der Waals surface area contributed by atoms with Gasteiger partial charge in [0.15, 0.2) is 11.3 Å². The average Bonchev–Trinajstić information content (AvgIpc) is 3.32. The monoisotopic (exact) mass is 442 g/mol. The molecule has 0 unspecified atom stereocenters. The molecule has 0 bridgehead atoms. The Morgan fingerprint density at radius 1 is 1.21 bits per heavy atom. The Labute approximate surface area is 165 Å². The van der Waals surface area contributed by atoms with E-state index in [0.717, 1.165) is 4.47 Å². The van der Waals surface area contributed by atoms with E-state index >= 15 is 0 Å². The number of amides is 1. The smallest absolute Gasteiger partial charge is 0.307 e. The summed E-state index contributed by atoms with van der Waals surface area (Å²) in [5, 5.41) is 29.7. The molecule has 140 valence electrons. The van der Waals surface area contributed by atoms with Crippen LogP contribution >= 0.6 is 15.9 Å². The van der Waals surface area contributed by atoms with Gasteiger partial charge in [0.05, 0.1) is 17.5 Å². The Bertz CT molecular complexity index is 1190. The summed E-state index contributed by atoms with van der Waals surface area (Å²) in [5.74, 6) is -1.13. The SMILES string of the molecule is O=C(O)Cc1ccc2c(C(=O)Nc3ccc(Br)cc3-c3nn[nH]n3)noc2c1. The fraction of sp³-hybridized carbons (Fsp3) is 0.0588. The maximum atomic E-state index is 12.8. The number of aromatic amines is 1. The predicted molar refractivity (Wildman–Crippen MR) is 101 cm³/mol. The number of nitrogens with one attached hydrogen (secondary N) is 2. The summed E-state index contributed by atoms with van der Waals surface area (Å²) in [4.78, 5) is 23.6. The molecule has 11 heteroatoms. The first-order chi connectivity index (χ1) is 13.5. The molecule has 4 rings (SSSR count). The molecule has 3 N–H and O–H groups in total. The lowest BCUT2D eigenvalue weighted by atomic mass is 10.1. The van der Waals surface area contributed by atoms with E-state index in [1.165, 1.54) is 0 Å². The van der Waals surface area contributed by atoms with E-state index in [1.807, 2.05) is 0 Å². The van der Waals surface area contributed by atoms with Gasteiger partial charge in [-0.25, -0.2) is 0 Å². The number of halogens is 1. The minimum absolute atomic E-state index is 0.0823. The number of aliphatic carboxylic acids is 1. The second kappa shape index (κ2) is 7.19. The topological polar surface area (TPSA) is 147 Å². The first-order valence-electron chi connectivity index (χ1n) is 7.96. The van der Waals surface area contributed by atoms with Gasteiger partial charge in [0.25, 0.3) is 5.91 Å². The number of aromatic nitrogens is 5. The molecule has 2 heterocycles. The van der Waals surface area contributed by atoms with Crippen molar-refractivity contribution in [3.8, 4) is 11.4 Å². The van der Waals surface area contributed by atoms with Crippen LogP contribution in [0.1, 0.15) is 16.1 Å². The fourth-order valence-corrected chi connectivity index (χ4v) is 3.06. The second-order valence-corrected chi connectivity index (χ2v) is 6.73. The molecule has 2 aromatic carbocycles. The zero-order valence-corrected chi connectivity index (χ0v) is 15.6. The quantitative estimate of drug-likeness (QED) is 0.427. The van der Waals surface area contributed by atoms with Gasteiger partial charge in [-0.15, -0.1) is 10.2 Å². The molecule has 0 saturated heterocycles. The Kier molecular flexibility index (Phi) is 4.57. The summed E-state index contributed by atoms with van der Waals surface area (Å²) in [6, 6.07) is 9.99. The molecule has 0 radical (unpaired) electrons. The van der Waals surface area contributed by atoms with E-state index in [9.17, 15) is 9.59 Å². The molecule has 0 spiro atoms. The van der Waals surface area contributed by atoms with Gasteiger partial charge in [-0.2, -0.15) is 5.21 Å². The molecule has 0 aliphatic heterocycles. The zero-order chi connectivity index (χ0) is 19.7. The van der Waals surface area contributed by atoms with Crippen molar-refractivity contribution in [1.82, 2.24) is 25.8 Å². The summed E-state index contributed by atoms with van der Waals surface area (Å²) in [5.41, 5.74) is 1.99. The fourth-order valence-electron chi connectivity index (χ4n) is 2.70. The van der Waals surface area contributed by atoms with Gasteiger partial charge < -0.3 is 14.9 Å². The highest BCUT2D eigenvalue weighted by Crippen LogP contribution is 2.29. The minimum atomic E-state index is -0.957. The van der Waals surface area contributed by atoms with Crippen LogP contribution in [0.4, 0.5) is 5.69 Å². The summed E-state index contributed by atoms with van der Waals surface area (Å²) < 4.78 is 5.98. The third kappa shape index (κ3) is 3.47. The van der Waals surface area contributed by atoms with Gasteiger partial charge in [0.2, 0.25) is 5.82 Å². The van der Waals surface area contributed by atoms with Crippen molar-refractivity contribution in [3.63, 3.8) is 0 Å². The molecule has 0 aliphatic rings. The van der Waals surface area contributed by atoms with Gasteiger partial charge in [0, 0.05) is 10.0 Å². The number of nitrogens with zero attached hydrogens (tertiary/aromatic N) is 4. The van der Waals surface area contributed by atoms with E-state index in [1.54, 1.807) is 36.4 Å². The second-order valence-electron chi connectivity index (χ2n) is 5.81. The highest BCUT2D eigenvalue weighted by Gasteiger charge is 2.19. The highest BCUT2D eigenvalue weighted by molar-refractivity contribution is 9.10. The van der Waals surface area contributed by atoms with Crippen LogP contribution in [0, 0.1) is 0 Å². The van der Waals surface area contributed by atoms with Crippen molar-refractivity contribution >= 4 is 44.5 Å². The van der Waals surface area contributed by atoms with E-state index < -0.39 is 11.9 Å². The van der Waals surface area contributed by atoms with E-state index in [-0.39, 0.29) is 12.1 Å². The summed E-state index contributed by atoms with van der Waals surface area (Å²) in [6.07, 6.45) is -0.148. The summed E-state index contributed by atoms with van der Waals surface area (Å²) in [6.45, 7) is 0. The van der Waals surface area contributed by atoms with Crippen LogP contribution in [0.3, 0.4) is 0 Å². The summed E-state index contributed by atoms with van der Waals surface area (Å²) >= 11 is 3.38. The van der Waals surface area contributed by atoms with E-state index in [0.29, 0.717) is 33.6 Å². The van der Waals surface area contributed by atoms with Crippen LogP contribution in [-0.2, 0) is 11.2 Å². The number of rotatable bonds is 5. The molecule has 0 fully saturated rings. The van der Waals surface area contributed by atoms with Crippen LogP contribution in [0.5, 0.6) is 0 Å². The zero-order valence-electron chi connectivity index (χ0n) is 14.0. The van der Waals surface area contributed by atoms with Gasteiger partial charge in [-0.05, 0) is 41.1 Å². The largest absolute Gasteiger partial charge is 0.481 e. The van der Waals surface area contributed by atoms with Crippen LogP contribution < -0.4 is 5.32 Å². The molecule has 1 amide bonds. The molecule has 0 saturated carbocycles. The van der Waals surface area contributed by atoms with Crippen LogP contribution in [-0.4, -0.2) is 42.8 Å². The third-order valence-corrected chi connectivity index (χ3v) is 4.42. The molecular formula is C17H11BrN6O4. The lowest BCUT2D eigenvalue weighted by Crippen LogP contribution is -2.13. The molecule has 0 aliphatic carbocycles. The number of hydrogen-bond donors (Lipinski definition) is 3. The lowest BCUT2D eigenvalue weighted by Gasteiger charge is -2.08. The number of carboxylic acid groups (broad SMARTS) is 1. The van der Waals surface area contributed by atoms with Crippen molar-refractivity contribution in [2.45, 2.75) is 6.42 Å². The van der Waals surface area contributed by atoms with Crippen molar-refractivity contribution in [3.05, 3.63) is 52.1 Å². The first-order valence-corrected chi connectivity index (χ1v) is 8.75. The maximum absolute atomic E-state index is 12.8. The number of tetrazole rings is 1. The van der Waals surface area contributed by atoms with Gasteiger partial charge in [-0.1, -0.05) is 27.2 Å². The molecule has 0 atom stereocenters. The van der Waals surface area contributed by atoms with E-state index in [2.05, 4.69) is 47.0 Å².